The Balaban J connectivity index is 1.01. The van der Waals surface area contributed by atoms with Crippen LogP contribution in [-0.2, 0) is 29.1 Å². The molecule has 7 heteroatoms. The van der Waals surface area contributed by atoms with Gasteiger partial charge in [0.15, 0.2) is 0 Å². The van der Waals surface area contributed by atoms with Gasteiger partial charge in [-0.05, 0) is 195 Å². The summed E-state index contributed by atoms with van der Waals surface area (Å²) in [6.45, 7) is 25.8. The second kappa shape index (κ2) is 21.3. The normalized spacial score (nSPS) is 13.5. The van der Waals surface area contributed by atoms with Gasteiger partial charge in [-0.25, -0.2) is 0 Å². The number of aryl methyl sites for hydroxylation is 2. The fourth-order valence-electron chi connectivity index (χ4n) is 16.0. The van der Waals surface area contributed by atoms with E-state index in [9.17, 15) is 0 Å². The van der Waals surface area contributed by atoms with Crippen LogP contribution in [0.5, 0.6) is 0 Å². The van der Waals surface area contributed by atoms with E-state index < -0.39 is 0 Å². The minimum atomic E-state index is -0.219. The molecule has 0 radical (unpaired) electrons. The van der Waals surface area contributed by atoms with E-state index in [-0.39, 0.29) is 23.0 Å². The minimum absolute atomic E-state index is 0.000575. The van der Waals surface area contributed by atoms with Crippen molar-refractivity contribution in [3.05, 3.63) is 234 Å². The number of hydrogen-bond donors (Lipinski definition) is 0. The molecule has 93 heavy (non-hydrogen) atoms. The Morgan fingerprint density at radius 3 is 1.15 bits per heavy atom. The zero-order chi connectivity index (χ0) is 63.6. The number of para-hydroxylation sites is 2. The highest BCUT2D eigenvalue weighted by atomic mass is 32.1. The summed E-state index contributed by atoms with van der Waals surface area (Å²) in [4.78, 5) is 5.53. The second-order valence-electron chi connectivity index (χ2n) is 29.7. The molecule has 0 spiro atoms. The van der Waals surface area contributed by atoms with Crippen LogP contribution in [0.4, 0.5) is 34.1 Å². The Morgan fingerprint density at radius 1 is 0.333 bits per heavy atom. The molecule has 6 heterocycles. The van der Waals surface area contributed by atoms with Crippen LogP contribution < -0.4 is 26.2 Å². The third-order valence-corrected chi connectivity index (χ3v) is 23.1. The van der Waals surface area contributed by atoms with Crippen LogP contribution in [0.15, 0.2) is 206 Å². The Kier molecular flexibility index (Phi) is 13.3. The molecule has 4 aromatic heterocycles. The zero-order valence-corrected chi connectivity index (χ0v) is 57.2. The maximum atomic E-state index is 2.76. The van der Waals surface area contributed by atoms with Gasteiger partial charge in [-0.3, -0.25) is 0 Å². The van der Waals surface area contributed by atoms with Crippen LogP contribution in [0.3, 0.4) is 0 Å². The zero-order valence-electron chi connectivity index (χ0n) is 55.6. The maximum absolute atomic E-state index is 2.76. The van der Waals surface area contributed by atoms with E-state index in [0.717, 1.165) is 49.9 Å². The smallest absolute Gasteiger partial charge is 0.252 e. The summed E-state index contributed by atoms with van der Waals surface area (Å²) >= 11 is 3.87. The molecule has 0 saturated heterocycles. The lowest BCUT2D eigenvalue weighted by molar-refractivity contribution is 0.590. The third kappa shape index (κ3) is 8.96. The van der Waals surface area contributed by atoms with Crippen molar-refractivity contribution in [3.8, 4) is 11.4 Å². The van der Waals surface area contributed by atoms with Gasteiger partial charge in [-0.1, -0.05) is 186 Å². The highest BCUT2D eigenvalue weighted by Gasteiger charge is 2.46. The lowest BCUT2D eigenvalue weighted by atomic mass is 9.33. The molecule has 0 fully saturated rings. The summed E-state index contributed by atoms with van der Waals surface area (Å²) < 4.78 is 10.5. The van der Waals surface area contributed by atoms with Crippen molar-refractivity contribution in [1.82, 2.24) is 9.13 Å². The molecule has 0 saturated carbocycles. The highest BCUT2D eigenvalue weighted by Crippen LogP contribution is 2.53. The Morgan fingerprint density at radius 2 is 0.731 bits per heavy atom. The molecule has 17 rings (SSSR count). The quantitative estimate of drug-likeness (QED) is 0.127. The van der Waals surface area contributed by atoms with Crippen molar-refractivity contribution >= 4 is 164 Å². The number of aromatic nitrogens is 2. The standard InChI is InChI=1S/C86H79BN4S2/c1-12-14-24-59-69(42-44-79-81(59)61-28-18-22-32-77(61)92-79)90-73-50-55(88-67-30-20-16-26-57(67)63-46-52(84(3,4)5)34-40-71(63)88)36-38-65(73)87-66-39-37-56(89-68-31-21-17-27-58(68)64-47-53(85(6,7)8)35-41-72(64)89)51-74(66)91(76-49-54(86(9,10)11)48-75(90)83(76)87)70-43-45-80-82(60(70)25-15-13-2)62-29-19-23-33-78(62)93-80/h16-23,26-51H,12-15,24-25H2,1-11H3. The van der Waals surface area contributed by atoms with Gasteiger partial charge in [0.25, 0.3) is 6.71 Å². The van der Waals surface area contributed by atoms with Crippen LogP contribution in [0.1, 0.15) is 130 Å². The number of nitrogens with zero attached hydrogens (tertiary/aromatic N) is 4. The summed E-state index contributed by atoms with van der Waals surface area (Å²) in [5, 5.41) is 10.6. The average molecular weight is 1240 g/mol. The lowest BCUT2D eigenvalue weighted by Gasteiger charge is -2.46. The SMILES string of the molecule is CCCCc1c(N2c3cc(-n4c5ccccc5c5cc(C(C)(C)C)ccc54)ccc3B3c4ccc(-n5c6ccccc6c6cc(C(C)(C)C)ccc65)cc4N(c4ccc5sc6ccccc6c5c4CCCC)c4cc(C(C)(C)C)cc2c43)ccc2sc3ccccc3c12. The lowest BCUT2D eigenvalue weighted by Crippen LogP contribution is -2.61. The van der Waals surface area contributed by atoms with E-state index in [2.05, 4.69) is 301 Å². The van der Waals surface area contributed by atoms with Crippen LogP contribution in [0.25, 0.3) is 95.3 Å². The van der Waals surface area contributed by atoms with Gasteiger partial charge in [-0.15, -0.1) is 22.7 Å². The van der Waals surface area contributed by atoms with Crippen molar-refractivity contribution in [1.29, 1.82) is 0 Å². The van der Waals surface area contributed by atoms with Gasteiger partial charge in [0.1, 0.15) is 0 Å². The molecule has 4 nitrogen and oxygen atoms in total. The first-order chi connectivity index (χ1) is 45.0. The van der Waals surface area contributed by atoms with Gasteiger partial charge in [0.05, 0.1) is 22.1 Å². The average Bonchev–Trinajstić information content (AvgIpc) is 0.804. The summed E-state index contributed by atoms with van der Waals surface area (Å²) in [5.74, 6) is 0. The Labute approximate surface area is 555 Å². The molecule has 2 aliphatic heterocycles. The molecule has 11 aromatic carbocycles. The monoisotopic (exact) mass is 1240 g/mol. The van der Waals surface area contributed by atoms with E-state index in [4.69, 9.17) is 0 Å². The fourth-order valence-corrected chi connectivity index (χ4v) is 18.3. The summed E-state index contributed by atoms with van der Waals surface area (Å²) in [6, 6.07) is 81.1. The molecule has 2 aliphatic rings. The first-order valence-electron chi connectivity index (χ1n) is 34.0. The predicted octanol–water partition coefficient (Wildman–Crippen LogP) is 23.3. The van der Waals surface area contributed by atoms with Crippen LogP contribution in [-0.4, -0.2) is 15.8 Å². The number of rotatable bonds is 10. The van der Waals surface area contributed by atoms with Crippen LogP contribution in [0.2, 0.25) is 0 Å². The van der Waals surface area contributed by atoms with Gasteiger partial charge in [0, 0.05) is 107 Å². The van der Waals surface area contributed by atoms with E-state index in [1.807, 2.05) is 22.7 Å². The highest BCUT2D eigenvalue weighted by molar-refractivity contribution is 7.26. The van der Waals surface area contributed by atoms with E-state index in [1.165, 1.54) is 162 Å². The van der Waals surface area contributed by atoms with E-state index in [0.29, 0.717) is 0 Å². The minimum Gasteiger partial charge on any atom is -0.311 e. The molecular weight excluding hydrogens is 1160 g/mol. The molecule has 15 aromatic rings. The van der Waals surface area contributed by atoms with Crippen LogP contribution in [0, 0.1) is 0 Å². The molecule has 0 aliphatic carbocycles. The van der Waals surface area contributed by atoms with Gasteiger partial charge < -0.3 is 18.9 Å². The number of thiophene rings is 2. The Bertz CT molecular complexity index is 5260. The second-order valence-corrected chi connectivity index (χ2v) is 31.9. The molecule has 0 unspecified atom stereocenters. The third-order valence-electron chi connectivity index (χ3n) is 20.8. The number of fused-ring (bicyclic) bond motifs is 16. The first-order valence-corrected chi connectivity index (χ1v) is 35.6. The number of benzene rings is 11. The Hall–Kier alpha value is -8.88. The van der Waals surface area contributed by atoms with Gasteiger partial charge in [-0.2, -0.15) is 0 Å². The number of hydrogen-bond acceptors (Lipinski definition) is 4. The maximum Gasteiger partial charge on any atom is 0.252 e. The fraction of sp³-hybridized carbons (Fsp3) is 0.233. The number of unbranched alkanes of at least 4 members (excludes halogenated alkanes) is 2. The largest absolute Gasteiger partial charge is 0.311 e. The molecule has 0 amide bonds. The molecule has 0 atom stereocenters. The van der Waals surface area contributed by atoms with E-state index >= 15 is 0 Å². The van der Waals surface area contributed by atoms with Gasteiger partial charge in [0.2, 0.25) is 0 Å². The number of anilines is 6. The van der Waals surface area contributed by atoms with Crippen molar-refractivity contribution in [2.75, 3.05) is 9.80 Å². The summed E-state index contributed by atoms with van der Waals surface area (Å²) in [5.41, 5.74) is 25.3. The first kappa shape index (κ1) is 58.0. The van der Waals surface area contributed by atoms with Crippen molar-refractivity contribution in [2.24, 2.45) is 0 Å². The molecule has 0 N–H and O–H groups in total. The van der Waals surface area contributed by atoms with Crippen molar-refractivity contribution in [3.63, 3.8) is 0 Å². The van der Waals surface area contributed by atoms with Crippen molar-refractivity contribution in [2.45, 2.75) is 131 Å². The molecular formula is C86H79BN4S2. The molecule has 458 valence electrons. The summed E-state index contributed by atoms with van der Waals surface area (Å²) in [6.07, 6.45) is 6.32. The van der Waals surface area contributed by atoms with Crippen LogP contribution >= 0.6 is 22.7 Å². The summed E-state index contributed by atoms with van der Waals surface area (Å²) in [7, 11) is 0. The molecule has 0 bridgehead atoms. The van der Waals surface area contributed by atoms with E-state index in [1.54, 1.807) is 0 Å². The topological polar surface area (TPSA) is 16.3 Å². The van der Waals surface area contributed by atoms with Gasteiger partial charge >= 0.3 is 0 Å². The van der Waals surface area contributed by atoms with Crippen molar-refractivity contribution < 1.29 is 0 Å². The predicted molar refractivity (Wildman–Crippen MR) is 408 cm³/mol.